The van der Waals surface area contributed by atoms with Gasteiger partial charge in [0, 0.05) is 29.3 Å². The molecule has 0 bridgehead atoms. The van der Waals surface area contributed by atoms with Gasteiger partial charge in [-0.2, -0.15) is 4.98 Å². The largest absolute Gasteiger partial charge is 0.472 e. The third-order valence-corrected chi connectivity index (χ3v) is 11.4. The van der Waals surface area contributed by atoms with Gasteiger partial charge in [0.1, 0.15) is 17.7 Å². The van der Waals surface area contributed by atoms with Crippen LogP contribution in [0.5, 0.6) is 5.88 Å². The van der Waals surface area contributed by atoms with Gasteiger partial charge in [-0.05, 0) is 62.1 Å². The second kappa shape index (κ2) is 11.9. The number of carbonyl (C=O) groups excluding carboxylic acids is 3. The van der Waals surface area contributed by atoms with Crippen LogP contribution in [-0.4, -0.2) is 76.5 Å². The number of amides is 3. The maximum atomic E-state index is 14.0. The Bertz CT molecular complexity index is 1840. The summed E-state index contributed by atoms with van der Waals surface area (Å²) in [5.74, 6) is -1.67. The molecule has 4 heterocycles. The minimum Gasteiger partial charge on any atom is -0.472 e. The van der Waals surface area contributed by atoms with Crippen molar-refractivity contribution in [3.63, 3.8) is 0 Å². The summed E-state index contributed by atoms with van der Waals surface area (Å²) in [6.07, 6.45) is 10.1. The highest BCUT2D eigenvalue weighted by atomic mass is 32.2. The zero-order valence-corrected chi connectivity index (χ0v) is 26.2. The van der Waals surface area contributed by atoms with Crippen LogP contribution in [0.15, 0.2) is 54.7 Å². The Hall–Kier alpha value is -4.10. The van der Waals surface area contributed by atoms with Gasteiger partial charge in [0.05, 0.1) is 17.8 Å². The maximum Gasteiger partial charge on any atom is 0.259 e. The summed E-state index contributed by atoms with van der Waals surface area (Å²) in [5, 5.41) is 4.87. The maximum absolute atomic E-state index is 14.0. The Kier molecular flexibility index (Phi) is 7.92. The highest BCUT2D eigenvalue weighted by molar-refractivity contribution is 7.91. The van der Waals surface area contributed by atoms with Crippen LogP contribution in [0.3, 0.4) is 0 Å². The van der Waals surface area contributed by atoms with Crippen molar-refractivity contribution in [3.8, 4) is 5.88 Å². The second-order valence-corrected chi connectivity index (χ2v) is 14.9. The van der Waals surface area contributed by atoms with Crippen molar-refractivity contribution in [2.24, 2.45) is 11.7 Å². The van der Waals surface area contributed by atoms with Crippen LogP contribution >= 0.6 is 0 Å². The highest BCUT2D eigenvalue weighted by Crippen LogP contribution is 2.46. The number of ether oxygens (including phenoxy) is 1. The quantitative estimate of drug-likeness (QED) is 0.278. The fraction of sp³-hybridized carbons (Fsp3) is 0.485. The van der Waals surface area contributed by atoms with Gasteiger partial charge in [0.15, 0.2) is 5.65 Å². The average molecular weight is 647 g/mol. The molecule has 2 aromatic heterocycles. The number of hydrogen-bond acceptors (Lipinski definition) is 9. The molecule has 13 heteroatoms. The van der Waals surface area contributed by atoms with E-state index in [-0.39, 0.29) is 31.2 Å². The van der Waals surface area contributed by atoms with Crippen molar-refractivity contribution in [3.05, 3.63) is 54.7 Å². The molecule has 2 aliphatic carbocycles. The number of nitrogens with zero attached hydrogens (tertiary/aromatic N) is 3. The fourth-order valence-electron chi connectivity index (χ4n) is 6.75. The zero-order chi connectivity index (χ0) is 32.1. The number of sulfonamides is 1. The molecule has 4 N–H and O–H groups in total. The van der Waals surface area contributed by atoms with Gasteiger partial charge in [0.25, 0.3) is 5.91 Å². The lowest BCUT2D eigenvalue weighted by atomic mass is 10.1. The van der Waals surface area contributed by atoms with Crippen molar-refractivity contribution in [2.45, 2.75) is 86.8 Å². The summed E-state index contributed by atoms with van der Waals surface area (Å²) in [4.78, 5) is 51.9. The van der Waals surface area contributed by atoms with Gasteiger partial charge in [0.2, 0.25) is 27.7 Å². The molecule has 5 atom stereocenters. The second-order valence-electron chi connectivity index (χ2n) is 12.9. The molecule has 242 valence electrons. The number of aromatic nitrogens is 2. The average Bonchev–Trinajstić information content (AvgIpc) is 3.97. The van der Waals surface area contributed by atoms with E-state index in [1.54, 1.807) is 6.20 Å². The predicted octanol–water partition coefficient (Wildman–Crippen LogP) is 2.46. The van der Waals surface area contributed by atoms with Gasteiger partial charge in [-0.3, -0.25) is 19.1 Å². The molecule has 46 heavy (non-hydrogen) atoms. The molecular formula is C33H38N6O6S. The number of benzene rings is 1. The number of nitrogens with one attached hydrogen (secondary N) is 2. The lowest BCUT2D eigenvalue weighted by molar-refractivity contribution is -0.140. The van der Waals surface area contributed by atoms with Gasteiger partial charge in [-0.15, -0.1) is 0 Å². The lowest BCUT2D eigenvalue weighted by Crippen LogP contribution is -2.57. The molecule has 3 aromatic rings. The number of hydrogen-bond donors (Lipinski definition) is 3. The van der Waals surface area contributed by atoms with Crippen molar-refractivity contribution in [2.75, 3.05) is 6.54 Å². The van der Waals surface area contributed by atoms with Crippen LogP contribution < -0.4 is 20.5 Å². The van der Waals surface area contributed by atoms with E-state index in [1.165, 1.54) is 4.90 Å². The van der Waals surface area contributed by atoms with Gasteiger partial charge in [-0.1, -0.05) is 43.2 Å². The van der Waals surface area contributed by atoms with Crippen molar-refractivity contribution in [1.82, 2.24) is 24.9 Å². The van der Waals surface area contributed by atoms with E-state index in [0.29, 0.717) is 30.8 Å². The van der Waals surface area contributed by atoms with E-state index in [2.05, 4.69) is 20.0 Å². The molecule has 3 amide bonds. The third kappa shape index (κ3) is 5.81. The lowest BCUT2D eigenvalue weighted by Gasteiger charge is -2.28. The zero-order valence-electron chi connectivity index (χ0n) is 25.4. The van der Waals surface area contributed by atoms with Crippen LogP contribution in [0.4, 0.5) is 0 Å². The minimum atomic E-state index is -3.83. The fourth-order valence-corrected chi connectivity index (χ4v) is 8.11. The first-order valence-corrected chi connectivity index (χ1v) is 17.6. The van der Waals surface area contributed by atoms with Gasteiger partial charge >= 0.3 is 0 Å². The van der Waals surface area contributed by atoms with Crippen LogP contribution in [-0.2, 0) is 24.4 Å². The molecule has 2 aliphatic heterocycles. The Morgan fingerprint density at radius 3 is 2.63 bits per heavy atom. The van der Waals surface area contributed by atoms with E-state index < -0.39 is 50.8 Å². The Labute approximate surface area is 267 Å². The first-order chi connectivity index (χ1) is 22.2. The summed E-state index contributed by atoms with van der Waals surface area (Å²) >= 11 is 0. The summed E-state index contributed by atoms with van der Waals surface area (Å²) in [6.45, 7) is 0.0967. The van der Waals surface area contributed by atoms with Gasteiger partial charge in [-0.25, -0.2) is 13.4 Å². The van der Waals surface area contributed by atoms with Crippen molar-refractivity contribution in [1.29, 1.82) is 0 Å². The Morgan fingerprint density at radius 2 is 1.83 bits per heavy atom. The third-order valence-electron chi connectivity index (χ3n) is 9.60. The Morgan fingerprint density at radius 1 is 1.04 bits per heavy atom. The molecule has 0 spiro atoms. The van der Waals surface area contributed by atoms with Crippen molar-refractivity contribution >= 4 is 49.6 Å². The van der Waals surface area contributed by atoms with Crippen LogP contribution in [0.2, 0.25) is 0 Å². The SMILES string of the molecule is N[C@H]1CCCCC/C=C\[C@@H]2C[C@@]2(C(=O)NS(=O)(=O)C2CC2)NC(=O)[C@@H]2C[C@@H](Oc3nc4ncccc4c4ccccc34)CN2C1=O. The van der Waals surface area contributed by atoms with E-state index >= 15 is 0 Å². The van der Waals surface area contributed by atoms with E-state index in [4.69, 9.17) is 10.5 Å². The van der Waals surface area contributed by atoms with Crippen LogP contribution in [0.25, 0.3) is 21.8 Å². The summed E-state index contributed by atoms with van der Waals surface area (Å²) in [7, 11) is -3.83. The van der Waals surface area contributed by atoms with E-state index in [1.807, 2.05) is 48.6 Å². The first-order valence-electron chi connectivity index (χ1n) is 16.1. The Balaban J connectivity index is 1.18. The molecule has 12 nitrogen and oxygen atoms in total. The number of allylic oxidation sites excluding steroid dienone is 1. The van der Waals surface area contributed by atoms with E-state index in [0.717, 1.165) is 41.8 Å². The highest BCUT2D eigenvalue weighted by Gasteiger charge is 2.62. The predicted molar refractivity (Wildman–Crippen MR) is 171 cm³/mol. The molecule has 2 saturated carbocycles. The molecule has 0 unspecified atom stereocenters. The molecular weight excluding hydrogens is 608 g/mol. The normalized spacial score (nSPS) is 29.6. The summed E-state index contributed by atoms with van der Waals surface area (Å²) in [5.41, 5.74) is 5.47. The smallest absolute Gasteiger partial charge is 0.259 e. The van der Waals surface area contributed by atoms with Crippen molar-refractivity contribution < 1.29 is 27.5 Å². The standard InChI is InChI=1S/C33H38N6O6S/c34-26-13-5-3-1-2-4-9-20-18-33(20,32(42)38-46(43,44)22-14-15-22)37-29(40)27-17-21(19-39(27)31(26)41)45-30-25-11-7-6-10-23(25)24-12-8-16-35-28(24)36-30/h4,6-12,16,20-22,26-27H,1-3,5,13-15,17-19,34H2,(H,37,40)(H,38,42)/b9-4-/t20-,21-,26+,27+,33-/m1/s1. The summed E-state index contributed by atoms with van der Waals surface area (Å²) in [6, 6.07) is 9.71. The number of pyridine rings is 2. The topological polar surface area (TPSA) is 174 Å². The number of carbonyl (C=O) groups is 3. The summed E-state index contributed by atoms with van der Waals surface area (Å²) < 4.78 is 34.0. The molecule has 1 aromatic carbocycles. The number of rotatable bonds is 5. The number of nitrogens with two attached hydrogens (primary N) is 1. The molecule has 3 fully saturated rings. The monoisotopic (exact) mass is 646 g/mol. The van der Waals surface area contributed by atoms with Crippen LogP contribution in [0, 0.1) is 5.92 Å². The molecule has 7 rings (SSSR count). The van der Waals surface area contributed by atoms with Gasteiger partial charge < -0.3 is 20.7 Å². The molecule has 4 aliphatic rings. The first kappa shape index (κ1) is 30.5. The molecule has 0 radical (unpaired) electrons. The number of fused-ring (bicyclic) bond motifs is 5. The van der Waals surface area contributed by atoms with Crippen LogP contribution in [0.1, 0.15) is 57.8 Å². The minimum absolute atomic E-state index is 0.0967. The van der Waals surface area contributed by atoms with E-state index in [9.17, 15) is 22.8 Å². The molecule has 1 saturated heterocycles.